The lowest BCUT2D eigenvalue weighted by Gasteiger charge is -2.24. The summed E-state index contributed by atoms with van der Waals surface area (Å²) in [5.41, 5.74) is 0. The van der Waals surface area contributed by atoms with E-state index in [-0.39, 0.29) is 30.1 Å². The van der Waals surface area contributed by atoms with Crippen molar-refractivity contribution in [3.05, 3.63) is 30.1 Å². The number of hydrogen-bond acceptors (Lipinski definition) is 3. The molecule has 1 heterocycles. The lowest BCUT2D eigenvalue weighted by Crippen LogP contribution is -2.40. The van der Waals surface area contributed by atoms with Gasteiger partial charge in [-0.1, -0.05) is 25.0 Å². The molecule has 0 spiro atoms. The summed E-state index contributed by atoms with van der Waals surface area (Å²) in [6.45, 7) is 2.21. The third-order valence-electron chi connectivity index (χ3n) is 5.05. The molecule has 0 aromatic heterocycles. The third kappa shape index (κ3) is 4.50. The normalized spacial score (nSPS) is 18.9. The predicted octanol–water partition coefficient (Wildman–Crippen LogP) is 2.46. The quantitative estimate of drug-likeness (QED) is 0.840. The third-order valence-corrected chi connectivity index (χ3v) is 5.05. The second-order valence-electron chi connectivity index (χ2n) is 6.76. The van der Waals surface area contributed by atoms with Gasteiger partial charge in [0.1, 0.15) is 0 Å². The van der Waals surface area contributed by atoms with Gasteiger partial charge in [0.2, 0.25) is 5.91 Å². The molecule has 5 nitrogen and oxygen atoms in total. The van der Waals surface area contributed by atoms with Gasteiger partial charge in [-0.3, -0.25) is 9.59 Å². The maximum absolute atomic E-state index is 13.5. The number of benzene rings is 1. The van der Waals surface area contributed by atoms with Crippen LogP contribution < -0.4 is 4.74 Å². The zero-order chi connectivity index (χ0) is 17.6. The van der Waals surface area contributed by atoms with Crippen LogP contribution in [-0.4, -0.2) is 54.4 Å². The van der Waals surface area contributed by atoms with Crippen molar-refractivity contribution >= 4 is 11.8 Å². The van der Waals surface area contributed by atoms with Crippen molar-refractivity contribution in [2.24, 2.45) is 5.92 Å². The number of halogens is 1. The Bertz CT molecular complexity index is 616. The molecule has 0 N–H and O–H groups in total. The Balaban J connectivity index is 1.49. The van der Waals surface area contributed by atoms with Crippen molar-refractivity contribution in [3.8, 4) is 5.75 Å². The lowest BCUT2D eigenvalue weighted by atomic mass is 10.1. The number of para-hydroxylation sites is 1. The van der Waals surface area contributed by atoms with Crippen LogP contribution in [0.25, 0.3) is 0 Å². The second-order valence-corrected chi connectivity index (χ2v) is 6.76. The molecule has 0 atom stereocenters. The first-order valence-corrected chi connectivity index (χ1v) is 9.09. The minimum atomic E-state index is -0.473. The number of nitrogens with zero attached hydrogens (tertiary/aromatic N) is 2. The summed E-state index contributed by atoms with van der Waals surface area (Å²) in [6, 6.07) is 6.06. The van der Waals surface area contributed by atoms with Crippen LogP contribution in [0.5, 0.6) is 5.75 Å². The second kappa shape index (κ2) is 8.32. The van der Waals surface area contributed by atoms with E-state index in [1.807, 2.05) is 4.90 Å². The van der Waals surface area contributed by atoms with Gasteiger partial charge in [0.15, 0.2) is 18.2 Å². The van der Waals surface area contributed by atoms with E-state index >= 15 is 0 Å². The summed E-state index contributed by atoms with van der Waals surface area (Å²) in [6.07, 6.45) is 5.04. The molecule has 136 valence electrons. The van der Waals surface area contributed by atoms with Crippen molar-refractivity contribution in [1.29, 1.82) is 0 Å². The fourth-order valence-corrected chi connectivity index (χ4v) is 3.61. The molecule has 0 unspecified atom stereocenters. The monoisotopic (exact) mass is 348 g/mol. The van der Waals surface area contributed by atoms with Crippen molar-refractivity contribution in [2.45, 2.75) is 32.1 Å². The minimum absolute atomic E-state index is 0.0868. The Labute approximate surface area is 147 Å². The highest BCUT2D eigenvalue weighted by atomic mass is 19.1. The van der Waals surface area contributed by atoms with Crippen molar-refractivity contribution in [1.82, 2.24) is 9.80 Å². The van der Waals surface area contributed by atoms with Crippen molar-refractivity contribution in [3.63, 3.8) is 0 Å². The van der Waals surface area contributed by atoms with Crippen LogP contribution in [-0.2, 0) is 9.59 Å². The first kappa shape index (κ1) is 17.7. The molecule has 1 aliphatic heterocycles. The largest absolute Gasteiger partial charge is 0.481 e. The Morgan fingerprint density at radius 1 is 1.00 bits per heavy atom. The van der Waals surface area contributed by atoms with Crippen molar-refractivity contribution in [2.75, 3.05) is 32.8 Å². The summed E-state index contributed by atoms with van der Waals surface area (Å²) in [5, 5.41) is 0. The van der Waals surface area contributed by atoms with Gasteiger partial charge in [0, 0.05) is 32.1 Å². The fourth-order valence-electron chi connectivity index (χ4n) is 3.61. The van der Waals surface area contributed by atoms with E-state index < -0.39 is 5.82 Å². The topological polar surface area (TPSA) is 49.9 Å². The predicted molar refractivity (Wildman–Crippen MR) is 91.6 cm³/mol. The standard InChI is InChI=1S/C19H25FN2O3/c20-16-8-3-4-9-17(16)25-14-18(23)21-10-5-11-22(13-12-21)19(24)15-6-1-2-7-15/h3-4,8-9,15H,1-2,5-7,10-14H2. The number of hydrogen-bond donors (Lipinski definition) is 0. The summed E-state index contributed by atoms with van der Waals surface area (Å²) in [5.74, 6) is -0.136. The van der Waals surface area contributed by atoms with Gasteiger partial charge in [0.05, 0.1) is 0 Å². The van der Waals surface area contributed by atoms with E-state index in [1.54, 1.807) is 17.0 Å². The molecular weight excluding hydrogens is 323 g/mol. The molecule has 1 aromatic rings. The van der Waals surface area contributed by atoms with Gasteiger partial charge in [-0.15, -0.1) is 0 Å². The van der Waals surface area contributed by atoms with Crippen molar-refractivity contribution < 1.29 is 18.7 Å². The van der Waals surface area contributed by atoms with E-state index in [1.165, 1.54) is 12.1 Å². The first-order valence-electron chi connectivity index (χ1n) is 9.09. The van der Waals surface area contributed by atoms with E-state index in [0.29, 0.717) is 26.2 Å². The van der Waals surface area contributed by atoms with Crippen LogP contribution >= 0.6 is 0 Å². The molecule has 0 radical (unpaired) electrons. The van der Waals surface area contributed by atoms with Crippen LogP contribution in [0.4, 0.5) is 4.39 Å². The molecule has 2 aliphatic rings. The highest BCUT2D eigenvalue weighted by Gasteiger charge is 2.29. The smallest absolute Gasteiger partial charge is 0.260 e. The molecule has 1 saturated carbocycles. The molecule has 1 aromatic carbocycles. The summed E-state index contributed by atoms with van der Waals surface area (Å²) < 4.78 is 18.8. The molecule has 2 amide bonds. The van der Waals surface area contributed by atoms with Crippen LogP contribution in [0.15, 0.2) is 24.3 Å². The fraction of sp³-hybridized carbons (Fsp3) is 0.579. The highest BCUT2D eigenvalue weighted by Crippen LogP contribution is 2.27. The SMILES string of the molecule is O=C(COc1ccccc1F)N1CCCN(C(=O)C2CCCC2)CC1. The highest BCUT2D eigenvalue weighted by molar-refractivity contribution is 5.80. The Morgan fingerprint density at radius 2 is 1.68 bits per heavy atom. The molecule has 1 saturated heterocycles. The molecule has 3 rings (SSSR count). The number of carbonyl (C=O) groups is 2. The van der Waals surface area contributed by atoms with E-state index in [2.05, 4.69) is 0 Å². The maximum Gasteiger partial charge on any atom is 0.260 e. The van der Waals surface area contributed by atoms with Crippen LogP contribution in [0.3, 0.4) is 0 Å². The maximum atomic E-state index is 13.5. The Morgan fingerprint density at radius 3 is 2.44 bits per heavy atom. The molecule has 2 fully saturated rings. The van der Waals surface area contributed by atoms with Crippen LogP contribution in [0.2, 0.25) is 0 Å². The van der Waals surface area contributed by atoms with E-state index in [9.17, 15) is 14.0 Å². The van der Waals surface area contributed by atoms with Crippen LogP contribution in [0, 0.1) is 11.7 Å². The van der Waals surface area contributed by atoms with Gasteiger partial charge >= 0.3 is 0 Å². The number of rotatable bonds is 4. The van der Waals surface area contributed by atoms with E-state index in [0.717, 1.165) is 32.1 Å². The molecule has 25 heavy (non-hydrogen) atoms. The molecule has 0 bridgehead atoms. The summed E-state index contributed by atoms with van der Waals surface area (Å²) >= 11 is 0. The van der Waals surface area contributed by atoms with Gasteiger partial charge in [-0.2, -0.15) is 0 Å². The van der Waals surface area contributed by atoms with Crippen LogP contribution in [0.1, 0.15) is 32.1 Å². The van der Waals surface area contributed by atoms with E-state index in [4.69, 9.17) is 4.74 Å². The first-order chi connectivity index (χ1) is 12.1. The Hall–Kier alpha value is -2.11. The molecular formula is C19H25FN2O3. The number of carbonyl (C=O) groups excluding carboxylic acids is 2. The van der Waals surface area contributed by atoms with Gasteiger partial charge in [0.25, 0.3) is 5.91 Å². The molecule has 1 aliphatic carbocycles. The number of amides is 2. The average Bonchev–Trinajstić information content (AvgIpc) is 3.04. The van der Waals surface area contributed by atoms with Gasteiger partial charge < -0.3 is 14.5 Å². The minimum Gasteiger partial charge on any atom is -0.481 e. The summed E-state index contributed by atoms with van der Waals surface area (Å²) in [7, 11) is 0. The lowest BCUT2D eigenvalue weighted by molar-refractivity contribution is -0.136. The summed E-state index contributed by atoms with van der Waals surface area (Å²) in [4.78, 5) is 28.5. The van der Waals surface area contributed by atoms with Gasteiger partial charge in [-0.25, -0.2) is 4.39 Å². The zero-order valence-corrected chi connectivity index (χ0v) is 14.5. The number of ether oxygens (including phenoxy) is 1. The molecule has 6 heteroatoms. The Kier molecular flexibility index (Phi) is 5.89. The van der Waals surface area contributed by atoms with Gasteiger partial charge in [-0.05, 0) is 31.4 Å². The zero-order valence-electron chi connectivity index (χ0n) is 14.5. The average molecular weight is 348 g/mol.